The van der Waals surface area contributed by atoms with Crippen molar-refractivity contribution >= 4 is 23.2 Å². The highest BCUT2D eigenvalue weighted by molar-refractivity contribution is 5.86. The first-order valence-electron chi connectivity index (χ1n) is 6.99. The molecule has 20 heavy (non-hydrogen) atoms. The van der Waals surface area contributed by atoms with Gasteiger partial charge in [0.1, 0.15) is 6.10 Å². The number of halogens is 1. The second-order valence-electron chi connectivity index (χ2n) is 5.53. The number of ether oxygens (including phenoxy) is 1. The van der Waals surface area contributed by atoms with E-state index in [0.29, 0.717) is 11.8 Å². The van der Waals surface area contributed by atoms with Gasteiger partial charge in [0.2, 0.25) is 5.88 Å². The van der Waals surface area contributed by atoms with Gasteiger partial charge in [-0.05, 0) is 37.9 Å². The maximum Gasteiger partial charge on any atom is 0.241 e. The summed E-state index contributed by atoms with van der Waals surface area (Å²) in [6.07, 6.45) is 4.58. The quantitative estimate of drug-likeness (QED) is 0.852. The molecule has 4 nitrogen and oxygen atoms in total. The molecule has 1 aromatic heterocycles. The highest BCUT2D eigenvalue weighted by Gasteiger charge is 2.35. The van der Waals surface area contributed by atoms with Crippen LogP contribution in [0.15, 0.2) is 30.5 Å². The number of hydrogen-bond donors (Lipinski definition) is 0. The topological polar surface area (TPSA) is 38.2 Å². The van der Waals surface area contributed by atoms with Crippen molar-refractivity contribution in [1.29, 1.82) is 0 Å². The minimum absolute atomic E-state index is 0. The van der Waals surface area contributed by atoms with E-state index in [2.05, 4.69) is 21.2 Å². The molecule has 0 amide bonds. The third-order valence-corrected chi connectivity index (χ3v) is 4.40. The van der Waals surface area contributed by atoms with Gasteiger partial charge in [-0.15, -0.1) is 17.5 Å². The summed E-state index contributed by atoms with van der Waals surface area (Å²) < 4.78 is 6.19. The predicted molar refractivity (Wildman–Crippen MR) is 80.4 cm³/mol. The lowest BCUT2D eigenvalue weighted by Crippen LogP contribution is -2.52. The number of nitrogens with zero attached hydrogens (tertiary/aromatic N) is 3. The van der Waals surface area contributed by atoms with Gasteiger partial charge in [-0.2, -0.15) is 5.10 Å². The van der Waals surface area contributed by atoms with E-state index in [1.807, 2.05) is 18.2 Å². The standard InChI is InChI=1S/C15H17N3O.ClH/c1-2-4-13-12(3-1)9-16-17-15(13)19-14-10-18-7-5-11(14)6-8-18;/h1-4,9,11,14H,5-8,10H2;1H. The molecular formula is C15H18ClN3O. The Labute approximate surface area is 124 Å². The fourth-order valence-electron chi connectivity index (χ4n) is 3.28. The smallest absolute Gasteiger partial charge is 0.241 e. The minimum atomic E-state index is 0. The summed E-state index contributed by atoms with van der Waals surface area (Å²) in [5.74, 6) is 1.38. The molecular weight excluding hydrogens is 274 g/mol. The van der Waals surface area contributed by atoms with Gasteiger partial charge in [-0.25, -0.2) is 0 Å². The van der Waals surface area contributed by atoms with Crippen LogP contribution >= 0.6 is 12.4 Å². The number of fused-ring (bicyclic) bond motifs is 4. The third kappa shape index (κ3) is 2.34. The molecule has 1 atom stereocenters. The van der Waals surface area contributed by atoms with Crippen molar-refractivity contribution in [3.05, 3.63) is 30.5 Å². The number of rotatable bonds is 2. The summed E-state index contributed by atoms with van der Waals surface area (Å²) in [7, 11) is 0. The minimum Gasteiger partial charge on any atom is -0.471 e. The summed E-state index contributed by atoms with van der Waals surface area (Å²) >= 11 is 0. The molecule has 5 rings (SSSR count). The van der Waals surface area contributed by atoms with Crippen LogP contribution < -0.4 is 4.74 Å². The molecule has 3 aliphatic rings. The molecule has 3 saturated heterocycles. The van der Waals surface area contributed by atoms with E-state index in [9.17, 15) is 0 Å². The molecule has 1 aromatic carbocycles. The average molecular weight is 292 g/mol. The van der Waals surface area contributed by atoms with E-state index in [4.69, 9.17) is 4.74 Å². The van der Waals surface area contributed by atoms with Gasteiger partial charge >= 0.3 is 0 Å². The van der Waals surface area contributed by atoms with E-state index in [1.165, 1.54) is 25.9 Å². The Bertz CT molecular complexity index is 593. The molecule has 0 aliphatic carbocycles. The molecule has 0 radical (unpaired) electrons. The monoisotopic (exact) mass is 291 g/mol. The fraction of sp³-hybridized carbons (Fsp3) is 0.467. The maximum absolute atomic E-state index is 6.19. The summed E-state index contributed by atoms with van der Waals surface area (Å²) in [5.41, 5.74) is 0. The van der Waals surface area contributed by atoms with Crippen LogP contribution in [0, 0.1) is 5.92 Å². The van der Waals surface area contributed by atoms with E-state index < -0.39 is 0 Å². The highest BCUT2D eigenvalue weighted by atomic mass is 35.5. The highest BCUT2D eigenvalue weighted by Crippen LogP contribution is 2.31. The van der Waals surface area contributed by atoms with Crippen LogP contribution in [0.3, 0.4) is 0 Å². The Hall–Kier alpha value is -1.39. The normalized spacial score (nSPS) is 28.1. The summed E-state index contributed by atoms with van der Waals surface area (Å²) in [4.78, 5) is 2.49. The molecule has 2 bridgehead atoms. The SMILES string of the molecule is Cl.c1ccc2c(OC3CN4CCC3CC4)nncc2c1. The van der Waals surface area contributed by atoms with E-state index >= 15 is 0 Å². The second-order valence-corrected chi connectivity index (χ2v) is 5.53. The number of piperidine rings is 3. The van der Waals surface area contributed by atoms with E-state index in [0.717, 1.165) is 17.3 Å². The predicted octanol–water partition coefficient (Wildman–Crippen LogP) is 2.52. The van der Waals surface area contributed by atoms with Crippen molar-refractivity contribution in [3.63, 3.8) is 0 Å². The Kier molecular flexibility index (Phi) is 3.76. The molecule has 1 unspecified atom stereocenters. The average Bonchev–Trinajstić information content (AvgIpc) is 2.49. The Morgan fingerprint density at radius 3 is 2.70 bits per heavy atom. The van der Waals surface area contributed by atoms with Crippen LogP contribution in [-0.4, -0.2) is 40.8 Å². The molecule has 0 saturated carbocycles. The van der Waals surface area contributed by atoms with Crippen molar-refractivity contribution in [3.8, 4) is 5.88 Å². The number of aromatic nitrogens is 2. The molecule has 0 spiro atoms. The summed E-state index contributed by atoms with van der Waals surface area (Å²) in [6.45, 7) is 3.49. The second kappa shape index (κ2) is 5.54. The third-order valence-electron chi connectivity index (χ3n) is 4.40. The van der Waals surface area contributed by atoms with Gasteiger partial charge < -0.3 is 4.74 Å². The zero-order valence-corrected chi connectivity index (χ0v) is 12.1. The van der Waals surface area contributed by atoms with Crippen LogP contribution in [-0.2, 0) is 0 Å². The lowest BCUT2D eigenvalue weighted by Gasteiger charge is -2.44. The van der Waals surface area contributed by atoms with Crippen LogP contribution in [0.1, 0.15) is 12.8 Å². The van der Waals surface area contributed by atoms with Crippen molar-refractivity contribution in [2.24, 2.45) is 5.92 Å². The van der Waals surface area contributed by atoms with Gasteiger partial charge in [-0.3, -0.25) is 4.90 Å². The van der Waals surface area contributed by atoms with Crippen LogP contribution in [0.25, 0.3) is 10.8 Å². The van der Waals surface area contributed by atoms with E-state index in [1.54, 1.807) is 6.20 Å². The van der Waals surface area contributed by atoms with Gasteiger partial charge in [0.25, 0.3) is 0 Å². The van der Waals surface area contributed by atoms with Crippen LogP contribution in [0.4, 0.5) is 0 Å². The molecule has 2 aromatic rings. The number of hydrogen-bond acceptors (Lipinski definition) is 4. The molecule has 5 heteroatoms. The van der Waals surface area contributed by atoms with Crippen molar-refractivity contribution in [2.75, 3.05) is 19.6 Å². The first-order valence-corrected chi connectivity index (χ1v) is 6.99. The molecule has 106 valence electrons. The van der Waals surface area contributed by atoms with Gasteiger partial charge in [0, 0.05) is 17.3 Å². The van der Waals surface area contributed by atoms with Crippen LogP contribution in [0.2, 0.25) is 0 Å². The van der Waals surface area contributed by atoms with Crippen LogP contribution in [0.5, 0.6) is 5.88 Å². The van der Waals surface area contributed by atoms with Gasteiger partial charge in [-0.1, -0.05) is 18.2 Å². The lowest BCUT2D eigenvalue weighted by molar-refractivity contribution is -0.00952. The maximum atomic E-state index is 6.19. The summed E-state index contributed by atoms with van der Waals surface area (Å²) in [6, 6.07) is 8.14. The zero-order valence-electron chi connectivity index (χ0n) is 11.2. The van der Waals surface area contributed by atoms with Crippen molar-refractivity contribution in [1.82, 2.24) is 15.1 Å². The van der Waals surface area contributed by atoms with Crippen molar-refractivity contribution < 1.29 is 4.74 Å². The van der Waals surface area contributed by atoms with Crippen molar-refractivity contribution in [2.45, 2.75) is 18.9 Å². The first kappa shape index (κ1) is 13.6. The lowest BCUT2D eigenvalue weighted by atomic mass is 9.86. The first-order chi connectivity index (χ1) is 9.40. The van der Waals surface area contributed by atoms with Gasteiger partial charge in [0.05, 0.1) is 6.20 Å². The molecule has 4 heterocycles. The Balaban J connectivity index is 0.00000121. The largest absolute Gasteiger partial charge is 0.471 e. The summed E-state index contributed by atoms with van der Waals surface area (Å²) in [5, 5.41) is 10.4. The molecule has 3 fully saturated rings. The van der Waals surface area contributed by atoms with E-state index in [-0.39, 0.29) is 18.5 Å². The Morgan fingerprint density at radius 1 is 1.15 bits per heavy atom. The zero-order chi connectivity index (χ0) is 12.7. The Morgan fingerprint density at radius 2 is 1.95 bits per heavy atom. The van der Waals surface area contributed by atoms with Gasteiger partial charge in [0.15, 0.2) is 0 Å². The molecule has 0 N–H and O–H groups in total. The number of benzene rings is 1. The fourth-order valence-corrected chi connectivity index (χ4v) is 3.28. The molecule has 3 aliphatic heterocycles.